The number of aryl methyl sites for hydroxylation is 3. The summed E-state index contributed by atoms with van der Waals surface area (Å²) < 4.78 is 0. The fourth-order valence-corrected chi connectivity index (χ4v) is 3.68. The molecular weight excluding hydrogens is 304 g/mol. The van der Waals surface area contributed by atoms with E-state index in [0.717, 1.165) is 29.8 Å². The van der Waals surface area contributed by atoms with E-state index in [1.165, 1.54) is 32.7 Å². The molecule has 0 aliphatic rings. The Hall–Kier alpha value is -2.74. The van der Waals surface area contributed by atoms with Crippen LogP contribution in [0.1, 0.15) is 30.5 Å². The van der Waals surface area contributed by atoms with Crippen LogP contribution in [0.4, 0.5) is 0 Å². The molecule has 25 heavy (non-hydrogen) atoms. The lowest BCUT2D eigenvalue weighted by molar-refractivity contribution is 1.13. The number of nitrogens with zero attached hydrogens (tertiary/aromatic N) is 2. The van der Waals surface area contributed by atoms with Gasteiger partial charge in [-0.3, -0.25) is 0 Å². The number of rotatable bonds is 3. The van der Waals surface area contributed by atoms with Gasteiger partial charge in [0.2, 0.25) is 0 Å². The molecule has 0 saturated carbocycles. The smallest absolute Gasteiger partial charge is 0.160 e. The third-order valence-electron chi connectivity index (χ3n) is 4.97. The Morgan fingerprint density at radius 3 is 2.12 bits per heavy atom. The predicted octanol–water partition coefficient (Wildman–Crippen LogP) is 5.88. The Morgan fingerprint density at radius 2 is 1.44 bits per heavy atom. The Bertz CT molecular complexity index is 1060. The fraction of sp³-hybridized carbons (Fsp3) is 0.217. The highest BCUT2D eigenvalue weighted by molar-refractivity contribution is 6.14. The third-order valence-corrected chi connectivity index (χ3v) is 4.97. The van der Waals surface area contributed by atoms with E-state index in [1.807, 2.05) is 19.3 Å². The van der Waals surface area contributed by atoms with Crippen LogP contribution in [0.15, 0.2) is 54.9 Å². The number of benzene rings is 3. The second-order valence-corrected chi connectivity index (χ2v) is 6.57. The van der Waals surface area contributed by atoms with Gasteiger partial charge in [-0.15, -0.1) is 0 Å². The van der Waals surface area contributed by atoms with Crippen LogP contribution < -0.4 is 0 Å². The van der Waals surface area contributed by atoms with Crippen molar-refractivity contribution in [2.24, 2.45) is 0 Å². The van der Waals surface area contributed by atoms with E-state index < -0.39 is 0 Å². The molecule has 2 nitrogen and oxygen atoms in total. The van der Waals surface area contributed by atoms with Crippen LogP contribution in [0.3, 0.4) is 0 Å². The molecular formula is C23H22N2. The summed E-state index contributed by atoms with van der Waals surface area (Å²) in [5, 5.41) is 5.13. The molecule has 3 aromatic carbocycles. The molecule has 0 aliphatic heterocycles. The summed E-state index contributed by atoms with van der Waals surface area (Å²) in [5.74, 6) is 0.808. The second-order valence-electron chi connectivity index (χ2n) is 6.57. The molecule has 0 radical (unpaired) electrons. The summed E-state index contributed by atoms with van der Waals surface area (Å²) in [6, 6.07) is 15.5. The minimum absolute atomic E-state index is 0.808. The normalized spacial score (nSPS) is 11.3. The van der Waals surface area contributed by atoms with Crippen molar-refractivity contribution in [1.29, 1.82) is 0 Å². The van der Waals surface area contributed by atoms with Crippen LogP contribution >= 0.6 is 0 Å². The van der Waals surface area contributed by atoms with E-state index in [-0.39, 0.29) is 0 Å². The lowest BCUT2D eigenvalue weighted by Crippen LogP contribution is -1.96. The van der Waals surface area contributed by atoms with Crippen molar-refractivity contribution in [3.05, 3.63) is 71.5 Å². The minimum Gasteiger partial charge on any atom is -0.236 e. The zero-order valence-corrected chi connectivity index (χ0v) is 15.0. The van der Waals surface area contributed by atoms with Crippen molar-refractivity contribution in [3.8, 4) is 11.4 Å². The summed E-state index contributed by atoms with van der Waals surface area (Å²) in [6.45, 7) is 6.46. The van der Waals surface area contributed by atoms with Gasteiger partial charge in [-0.25, -0.2) is 9.97 Å². The molecule has 124 valence electrons. The summed E-state index contributed by atoms with van der Waals surface area (Å²) in [4.78, 5) is 9.30. The summed E-state index contributed by atoms with van der Waals surface area (Å²) in [5.41, 5.74) is 4.98. The molecule has 1 aromatic heterocycles. The Kier molecular flexibility index (Phi) is 3.96. The second kappa shape index (κ2) is 6.29. The average Bonchev–Trinajstić information content (AvgIpc) is 2.66. The maximum Gasteiger partial charge on any atom is 0.160 e. The standard InChI is InChI=1S/C23H22N2/c1-4-16-10-11-19-17(5-2)18-8-6-7-9-20(18)22(21(19)12-16)23-24-13-15(3)14-25-23/h6-14H,4-5H2,1-3H3. The van der Waals surface area contributed by atoms with Crippen molar-refractivity contribution in [3.63, 3.8) is 0 Å². The summed E-state index contributed by atoms with van der Waals surface area (Å²) in [6.07, 6.45) is 5.84. The lowest BCUT2D eigenvalue weighted by atomic mass is 9.89. The molecule has 0 fully saturated rings. The van der Waals surface area contributed by atoms with Gasteiger partial charge in [-0.2, -0.15) is 0 Å². The topological polar surface area (TPSA) is 25.8 Å². The van der Waals surface area contributed by atoms with E-state index in [4.69, 9.17) is 0 Å². The van der Waals surface area contributed by atoms with Gasteiger partial charge in [-0.1, -0.05) is 56.3 Å². The number of hydrogen-bond donors (Lipinski definition) is 0. The van der Waals surface area contributed by atoms with Crippen molar-refractivity contribution < 1.29 is 0 Å². The van der Waals surface area contributed by atoms with E-state index in [2.05, 4.69) is 66.3 Å². The van der Waals surface area contributed by atoms with Crippen molar-refractivity contribution in [2.45, 2.75) is 33.6 Å². The van der Waals surface area contributed by atoms with Crippen molar-refractivity contribution in [2.75, 3.05) is 0 Å². The van der Waals surface area contributed by atoms with Gasteiger partial charge in [0.05, 0.1) is 0 Å². The van der Waals surface area contributed by atoms with Crippen LogP contribution in [0.25, 0.3) is 32.9 Å². The van der Waals surface area contributed by atoms with Crippen LogP contribution in [0.5, 0.6) is 0 Å². The van der Waals surface area contributed by atoms with E-state index in [1.54, 1.807) is 0 Å². The molecule has 0 bridgehead atoms. The first-order chi connectivity index (χ1) is 12.2. The fourth-order valence-electron chi connectivity index (χ4n) is 3.68. The largest absolute Gasteiger partial charge is 0.236 e. The van der Waals surface area contributed by atoms with Gasteiger partial charge in [0.1, 0.15) is 0 Å². The Morgan fingerprint density at radius 1 is 0.760 bits per heavy atom. The highest BCUT2D eigenvalue weighted by atomic mass is 14.9. The summed E-state index contributed by atoms with van der Waals surface area (Å²) >= 11 is 0. The molecule has 2 heteroatoms. The molecule has 4 rings (SSSR count). The van der Waals surface area contributed by atoms with Gasteiger partial charge >= 0.3 is 0 Å². The van der Waals surface area contributed by atoms with E-state index >= 15 is 0 Å². The molecule has 1 heterocycles. The van der Waals surface area contributed by atoms with Crippen molar-refractivity contribution >= 4 is 21.5 Å². The summed E-state index contributed by atoms with van der Waals surface area (Å²) in [7, 11) is 0. The van der Waals surface area contributed by atoms with Gasteiger partial charge in [-0.05, 0) is 58.0 Å². The van der Waals surface area contributed by atoms with Crippen LogP contribution in [0, 0.1) is 6.92 Å². The first kappa shape index (κ1) is 15.8. The molecule has 0 unspecified atom stereocenters. The SMILES string of the molecule is CCc1ccc2c(CC)c3ccccc3c(-c3ncc(C)cn3)c2c1. The van der Waals surface area contributed by atoms with Gasteiger partial charge in [0.15, 0.2) is 5.82 Å². The zero-order valence-electron chi connectivity index (χ0n) is 15.0. The van der Waals surface area contributed by atoms with E-state index in [9.17, 15) is 0 Å². The van der Waals surface area contributed by atoms with Crippen molar-refractivity contribution in [1.82, 2.24) is 9.97 Å². The monoisotopic (exact) mass is 326 g/mol. The quantitative estimate of drug-likeness (QED) is 0.439. The predicted molar refractivity (Wildman–Crippen MR) is 106 cm³/mol. The highest BCUT2D eigenvalue weighted by Gasteiger charge is 2.16. The third kappa shape index (κ3) is 2.58. The lowest BCUT2D eigenvalue weighted by Gasteiger charge is -2.16. The minimum atomic E-state index is 0.808. The Balaban J connectivity index is 2.21. The highest BCUT2D eigenvalue weighted by Crippen LogP contribution is 2.38. The molecule has 0 amide bonds. The van der Waals surface area contributed by atoms with Gasteiger partial charge in [0.25, 0.3) is 0 Å². The molecule has 0 saturated heterocycles. The van der Waals surface area contributed by atoms with Crippen LogP contribution in [0.2, 0.25) is 0 Å². The Labute approximate surface area is 148 Å². The van der Waals surface area contributed by atoms with E-state index in [0.29, 0.717) is 0 Å². The molecule has 0 aliphatic carbocycles. The molecule has 0 atom stereocenters. The molecule has 4 aromatic rings. The van der Waals surface area contributed by atoms with Crippen LogP contribution in [-0.4, -0.2) is 9.97 Å². The molecule has 0 spiro atoms. The number of aromatic nitrogens is 2. The first-order valence-electron chi connectivity index (χ1n) is 8.98. The van der Waals surface area contributed by atoms with Gasteiger partial charge < -0.3 is 0 Å². The molecule has 0 N–H and O–H groups in total. The van der Waals surface area contributed by atoms with Crippen LogP contribution in [-0.2, 0) is 12.8 Å². The number of hydrogen-bond acceptors (Lipinski definition) is 2. The maximum atomic E-state index is 4.65. The zero-order chi connectivity index (χ0) is 17.4. The van der Waals surface area contributed by atoms with Gasteiger partial charge in [0, 0.05) is 18.0 Å². The first-order valence-corrected chi connectivity index (χ1v) is 8.98. The maximum absolute atomic E-state index is 4.65. The average molecular weight is 326 g/mol. The number of fused-ring (bicyclic) bond motifs is 2.